The highest BCUT2D eigenvalue weighted by Gasteiger charge is 2.40. The number of hydrogen-bond donors (Lipinski definition) is 1. The molecular formula is C15H19NO3S. The van der Waals surface area contributed by atoms with Crippen molar-refractivity contribution >= 4 is 23.6 Å². The Balaban J connectivity index is 2.39. The molecule has 1 amide bonds. The molecule has 1 saturated heterocycles. The van der Waals surface area contributed by atoms with Gasteiger partial charge in [0.2, 0.25) is 5.91 Å². The zero-order valence-corrected chi connectivity index (χ0v) is 12.5. The minimum Gasteiger partial charge on any atom is -0.480 e. The van der Waals surface area contributed by atoms with Crippen molar-refractivity contribution in [2.24, 2.45) is 0 Å². The monoisotopic (exact) mass is 293 g/mol. The third-order valence-corrected chi connectivity index (χ3v) is 4.69. The maximum absolute atomic E-state index is 12.1. The summed E-state index contributed by atoms with van der Waals surface area (Å²) in [4.78, 5) is 25.3. The lowest BCUT2D eigenvalue weighted by Crippen LogP contribution is -2.48. The fourth-order valence-corrected chi connectivity index (χ4v) is 3.60. The minimum absolute atomic E-state index is 0.0277. The summed E-state index contributed by atoms with van der Waals surface area (Å²) in [5.41, 5.74) is 2.02. The maximum Gasteiger partial charge on any atom is 0.319 e. The van der Waals surface area contributed by atoms with Crippen molar-refractivity contribution in [3.05, 3.63) is 35.4 Å². The minimum atomic E-state index is -0.853. The Morgan fingerprint density at radius 2 is 2.05 bits per heavy atom. The van der Waals surface area contributed by atoms with Crippen LogP contribution in [0.2, 0.25) is 0 Å². The van der Waals surface area contributed by atoms with E-state index in [1.807, 2.05) is 38.1 Å². The molecule has 5 heteroatoms. The van der Waals surface area contributed by atoms with Crippen LogP contribution >= 0.6 is 11.8 Å². The molecule has 0 spiro atoms. The number of hydrogen-bond acceptors (Lipinski definition) is 3. The molecular weight excluding hydrogens is 274 g/mol. The molecule has 4 nitrogen and oxygen atoms in total. The molecule has 0 bridgehead atoms. The molecule has 1 aromatic carbocycles. The average molecular weight is 293 g/mol. The number of carbonyl (C=O) groups excluding carboxylic acids is 1. The molecule has 0 radical (unpaired) electrons. The topological polar surface area (TPSA) is 57.6 Å². The zero-order valence-electron chi connectivity index (χ0n) is 11.7. The summed E-state index contributed by atoms with van der Waals surface area (Å²) in [7, 11) is 0. The number of aliphatic carboxylic acids is 1. The van der Waals surface area contributed by atoms with Crippen LogP contribution < -0.4 is 0 Å². The number of benzene rings is 1. The summed E-state index contributed by atoms with van der Waals surface area (Å²) in [5, 5.41) is 8.84. The molecule has 1 aliphatic rings. The lowest BCUT2D eigenvalue weighted by Gasteiger charge is -2.39. The normalized spacial score (nSPS) is 22.9. The van der Waals surface area contributed by atoms with Gasteiger partial charge in [0.15, 0.2) is 0 Å². The van der Waals surface area contributed by atoms with E-state index in [2.05, 4.69) is 0 Å². The lowest BCUT2D eigenvalue weighted by atomic mass is 9.99. The van der Waals surface area contributed by atoms with E-state index in [1.54, 1.807) is 4.90 Å². The van der Waals surface area contributed by atoms with Gasteiger partial charge in [-0.25, -0.2) is 0 Å². The lowest BCUT2D eigenvalue weighted by molar-refractivity contribution is -0.140. The first kappa shape index (κ1) is 14.9. The number of nitrogens with zero attached hydrogens (tertiary/aromatic N) is 1. The number of carboxylic acid groups (broad SMARTS) is 1. The van der Waals surface area contributed by atoms with Gasteiger partial charge in [-0.15, -0.1) is 11.8 Å². The van der Waals surface area contributed by atoms with Crippen LogP contribution in [0.1, 0.15) is 30.5 Å². The molecule has 1 fully saturated rings. The van der Waals surface area contributed by atoms with Crippen LogP contribution in [0.15, 0.2) is 24.3 Å². The summed E-state index contributed by atoms with van der Waals surface area (Å²) in [6, 6.07) is 7.40. The first-order chi connectivity index (χ1) is 9.54. The molecule has 2 unspecified atom stereocenters. The predicted octanol–water partition coefficient (Wildman–Crippen LogP) is 2.47. The number of thioether (sulfide) groups is 1. The largest absolute Gasteiger partial charge is 0.480 e. The average Bonchev–Trinajstić information content (AvgIpc) is 2.42. The van der Waals surface area contributed by atoms with Crippen LogP contribution in [0.3, 0.4) is 0 Å². The van der Waals surface area contributed by atoms with Gasteiger partial charge in [-0.3, -0.25) is 9.59 Å². The first-order valence-corrected chi connectivity index (χ1v) is 7.80. The molecule has 2 atom stereocenters. The molecule has 1 N–H and O–H groups in total. The van der Waals surface area contributed by atoms with E-state index in [0.717, 1.165) is 17.5 Å². The third kappa shape index (κ3) is 2.98. The zero-order chi connectivity index (χ0) is 14.7. The van der Waals surface area contributed by atoms with Crippen molar-refractivity contribution < 1.29 is 14.7 Å². The number of carbonyl (C=O) groups is 2. The molecule has 1 aliphatic heterocycles. The van der Waals surface area contributed by atoms with Crippen molar-refractivity contribution in [2.45, 2.75) is 31.6 Å². The van der Waals surface area contributed by atoms with Gasteiger partial charge in [0.25, 0.3) is 0 Å². The van der Waals surface area contributed by atoms with Gasteiger partial charge in [-0.2, -0.15) is 0 Å². The van der Waals surface area contributed by atoms with Crippen LogP contribution in [0.4, 0.5) is 0 Å². The molecule has 108 valence electrons. The summed E-state index contributed by atoms with van der Waals surface area (Å²) < 4.78 is 0. The molecule has 0 aliphatic carbocycles. The first-order valence-electron chi connectivity index (χ1n) is 6.75. The van der Waals surface area contributed by atoms with E-state index < -0.39 is 11.2 Å². The quantitative estimate of drug-likeness (QED) is 0.926. The molecule has 2 rings (SSSR count). The Bertz CT molecular complexity index is 500. The van der Waals surface area contributed by atoms with Crippen molar-refractivity contribution in [1.82, 2.24) is 4.90 Å². The summed E-state index contributed by atoms with van der Waals surface area (Å²) in [6.45, 7) is 4.59. The number of amides is 1. The van der Waals surface area contributed by atoms with Crippen molar-refractivity contribution in [2.75, 3.05) is 12.3 Å². The van der Waals surface area contributed by atoms with Gasteiger partial charge in [-0.1, -0.05) is 36.8 Å². The van der Waals surface area contributed by atoms with Gasteiger partial charge < -0.3 is 10.0 Å². The van der Waals surface area contributed by atoms with Gasteiger partial charge in [0.05, 0.1) is 11.8 Å². The maximum atomic E-state index is 12.1. The highest BCUT2D eigenvalue weighted by Crippen LogP contribution is 2.37. The summed E-state index contributed by atoms with van der Waals surface area (Å²) in [6.07, 6.45) is 0.825. The molecule has 0 aromatic heterocycles. The second-order valence-corrected chi connectivity index (χ2v) is 6.14. The Labute approximate surface area is 123 Å². The SMILES string of the molecule is CCCN1C(=O)CSC(C(=O)O)C1c1ccc(C)cc1. The Hall–Kier alpha value is -1.49. The summed E-state index contributed by atoms with van der Waals surface area (Å²) in [5.74, 6) is -0.576. The molecule has 1 aromatic rings. The Morgan fingerprint density at radius 3 is 2.60 bits per heavy atom. The highest BCUT2D eigenvalue weighted by molar-refractivity contribution is 8.01. The van der Waals surface area contributed by atoms with E-state index in [9.17, 15) is 14.7 Å². The van der Waals surface area contributed by atoms with E-state index in [-0.39, 0.29) is 17.7 Å². The van der Waals surface area contributed by atoms with Crippen LogP contribution in [0.25, 0.3) is 0 Å². The van der Waals surface area contributed by atoms with E-state index in [4.69, 9.17) is 0 Å². The highest BCUT2D eigenvalue weighted by atomic mass is 32.2. The van der Waals surface area contributed by atoms with Crippen LogP contribution in [-0.2, 0) is 9.59 Å². The van der Waals surface area contributed by atoms with Gasteiger partial charge in [-0.05, 0) is 18.9 Å². The van der Waals surface area contributed by atoms with Crippen molar-refractivity contribution in [1.29, 1.82) is 0 Å². The fraction of sp³-hybridized carbons (Fsp3) is 0.467. The van der Waals surface area contributed by atoms with Crippen molar-refractivity contribution in [3.63, 3.8) is 0 Å². The Morgan fingerprint density at radius 1 is 1.40 bits per heavy atom. The van der Waals surface area contributed by atoms with E-state index >= 15 is 0 Å². The van der Waals surface area contributed by atoms with Crippen LogP contribution in [0.5, 0.6) is 0 Å². The standard InChI is InChI=1S/C15H19NO3S/c1-3-8-16-12(17)9-20-14(15(18)19)13(16)11-6-4-10(2)5-7-11/h4-7,13-14H,3,8-9H2,1-2H3,(H,18,19). The smallest absolute Gasteiger partial charge is 0.319 e. The third-order valence-electron chi connectivity index (χ3n) is 3.46. The number of carboxylic acids is 1. The Kier molecular flexibility index (Phi) is 4.70. The van der Waals surface area contributed by atoms with Crippen LogP contribution in [-0.4, -0.2) is 39.4 Å². The molecule has 20 heavy (non-hydrogen) atoms. The van der Waals surface area contributed by atoms with Crippen LogP contribution in [0, 0.1) is 6.92 Å². The second-order valence-electron chi connectivity index (χ2n) is 5.01. The van der Waals surface area contributed by atoms with Gasteiger partial charge in [0, 0.05) is 6.54 Å². The molecule has 1 heterocycles. The molecule has 0 saturated carbocycles. The van der Waals surface area contributed by atoms with E-state index in [0.29, 0.717) is 6.54 Å². The van der Waals surface area contributed by atoms with E-state index in [1.165, 1.54) is 11.8 Å². The predicted molar refractivity (Wildman–Crippen MR) is 79.8 cm³/mol. The number of aryl methyl sites for hydroxylation is 1. The summed E-state index contributed by atoms with van der Waals surface area (Å²) >= 11 is 1.23. The fourth-order valence-electron chi connectivity index (χ4n) is 2.48. The van der Waals surface area contributed by atoms with Crippen molar-refractivity contribution in [3.8, 4) is 0 Å². The second kappa shape index (κ2) is 6.31. The van der Waals surface area contributed by atoms with Gasteiger partial charge in [0.1, 0.15) is 5.25 Å². The number of rotatable bonds is 4. The van der Waals surface area contributed by atoms with Gasteiger partial charge >= 0.3 is 5.97 Å².